The maximum Gasteiger partial charge on any atom is 0.279 e. The maximum absolute atomic E-state index is 12.4. The largest absolute Gasteiger partial charge is 0.322 e. The molecule has 0 aromatic heterocycles. The summed E-state index contributed by atoms with van der Waals surface area (Å²) in [5.74, 6) is 0.0581. The van der Waals surface area contributed by atoms with Crippen molar-refractivity contribution in [3.8, 4) is 0 Å². The number of amides is 1. The van der Waals surface area contributed by atoms with Crippen LogP contribution in [0, 0.1) is 6.92 Å². The van der Waals surface area contributed by atoms with E-state index in [4.69, 9.17) is 11.6 Å². The van der Waals surface area contributed by atoms with Crippen molar-refractivity contribution in [1.29, 1.82) is 0 Å². The molecule has 142 valence electrons. The molecule has 1 amide bonds. The second kappa shape index (κ2) is 9.70. The lowest BCUT2D eigenvalue weighted by Crippen LogP contribution is -3.28. The molecule has 0 saturated carbocycles. The van der Waals surface area contributed by atoms with Crippen LogP contribution in [0.5, 0.6) is 0 Å². The molecule has 3 rings (SSSR count). The van der Waals surface area contributed by atoms with Crippen molar-refractivity contribution in [2.75, 3.05) is 44.6 Å². The average molecular weight is 386 g/mol. The highest BCUT2D eigenvalue weighted by Crippen LogP contribution is 2.22. The fourth-order valence-corrected chi connectivity index (χ4v) is 3.60. The van der Waals surface area contributed by atoms with Crippen LogP contribution in [0.25, 0.3) is 6.08 Å². The summed E-state index contributed by atoms with van der Waals surface area (Å²) < 4.78 is 0. The Bertz CT molecular complexity index is 783. The number of hydrogen-bond donors (Lipinski definition) is 3. The van der Waals surface area contributed by atoms with Gasteiger partial charge in [-0.05, 0) is 36.3 Å². The smallest absolute Gasteiger partial charge is 0.279 e. The molecule has 0 atom stereocenters. The zero-order valence-electron chi connectivity index (χ0n) is 15.8. The number of nitrogens with one attached hydrogen (secondary N) is 3. The molecule has 0 bridgehead atoms. The van der Waals surface area contributed by atoms with Crippen LogP contribution in [-0.2, 0) is 4.79 Å². The van der Waals surface area contributed by atoms with Gasteiger partial charge in [0.15, 0.2) is 6.54 Å². The fraction of sp³-hybridized carbons (Fsp3) is 0.318. The van der Waals surface area contributed by atoms with Gasteiger partial charge in [-0.3, -0.25) is 4.79 Å². The number of anilines is 1. The van der Waals surface area contributed by atoms with Crippen molar-refractivity contribution in [1.82, 2.24) is 0 Å². The van der Waals surface area contributed by atoms with E-state index in [-0.39, 0.29) is 5.91 Å². The monoisotopic (exact) mass is 385 g/mol. The molecule has 2 aromatic carbocycles. The first-order chi connectivity index (χ1) is 13.1. The molecule has 1 fully saturated rings. The van der Waals surface area contributed by atoms with E-state index in [1.54, 1.807) is 4.90 Å². The summed E-state index contributed by atoms with van der Waals surface area (Å²) in [4.78, 5) is 15.3. The normalized spacial score (nSPS) is 19.9. The maximum atomic E-state index is 12.4. The van der Waals surface area contributed by atoms with Crippen molar-refractivity contribution >= 4 is 29.3 Å². The van der Waals surface area contributed by atoms with Crippen LogP contribution < -0.4 is 15.1 Å². The summed E-state index contributed by atoms with van der Waals surface area (Å²) in [5, 5.41) is 3.68. The zero-order valence-corrected chi connectivity index (χ0v) is 16.6. The predicted molar refractivity (Wildman–Crippen MR) is 111 cm³/mol. The topological polar surface area (TPSA) is 38.0 Å². The number of piperazine rings is 1. The van der Waals surface area contributed by atoms with E-state index in [9.17, 15) is 4.79 Å². The summed E-state index contributed by atoms with van der Waals surface area (Å²) >= 11 is 6.12. The van der Waals surface area contributed by atoms with Gasteiger partial charge in [0.1, 0.15) is 26.2 Å². The van der Waals surface area contributed by atoms with E-state index < -0.39 is 0 Å². The minimum atomic E-state index is 0.0581. The second-order valence-corrected chi connectivity index (χ2v) is 7.56. The summed E-state index contributed by atoms with van der Waals surface area (Å²) in [5.41, 5.74) is 2.97. The third kappa shape index (κ3) is 5.93. The van der Waals surface area contributed by atoms with Gasteiger partial charge in [-0.1, -0.05) is 54.1 Å². The van der Waals surface area contributed by atoms with Crippen molar-refractivity contribution < 1.29 is 14.6 Å². The Hall–Kier alpha value is -2.14. The van der Waals surface area contributed by atoms with Crippen molar-refractivity contribution in [2.24, 2.45) is 0 Å². The van der Waals surface area contributed by atoms with Crippen LogP contribution in [0.3, 0.4) is 0 Å². The summed E-state index contributed by atoms with van der Waals surface area (Å²) in [6, 6.07) is 16.0. The van der Waals surface area contributed by atoms with Crippen LogP contribution in [-0.4, -0.2) is 45.2 Å². The first-order valence-corrected chi connectivity index (χ1v) is 9.93. The molecule has 0 radical (unpaired) electrons. The lowest BCUT2D eigenvalue weighted by atomic mass is 10.2. The van der Waals surface area contributed by atoms with Gasteiger partial charge in [0.25, 0.3) is 5.91 Å². The predicted octanol–water partition coefficient (Wildman–Crippen LogP) is 1.08. The number of hydrogen-bond acceptors (Lipinski definition) is 1. The fourth-order valence-electron chi connectivity index (χ4n) is 3.43. The van der Waals surface area contributed by atoms with Gasteiger partial charge >= 0.3 is 0 Å². The molecule has 1 saturated heterocycles. The third-order valence-corrected chi connectivity index (χ3v) is 5.54. The molecular weight excluding hydrogens is 358 g/mol. The quantitative estimate of drug-likeness (QED) is 0.684. The molecule has 0 spiro atoms. The lowest BCUT2D eigenvalue weighted by Gasteiger charge is -2.28. The standard InChI is InChI=1S/C22H26ClN3O/c1-18-20(23)10-5-11-21(18)24-22(27)17-26-15-13-25(14-16-26)12-6-9-19-7-3-2-4-8-19/h2-11H,12-17H2,1H3,(H,24,27)/p+2/b9-6+. The molecule has 5 heteroatoms. The molecule has 1 aliphatic heterocycles. The van der Waals surface area contributed by atoms with E-state index in [2.05, 4.69) is 41.7 Å². The van der Waals surface area contributed by atoms with Crippen LogP contribution in [0.1, 0.15) is 11.1 Å². The van der Waals surface area contributed by atoms with Crippen molar-refractivity contribution in [3.05, 3.63) is 70.8 Å². The van der Waals surface area contributed by atoms with Crippen LogP contribution >= 0.6 is 11.6 Å². The Morgan fingerprint density at radius 1 is 1.04 bits per heavy atom. The molecule has 1 heterocycles. The van der Waals surface area contributed by atoms with Gasteiger partial charge < -0.3 is 15.1 Å². The zero-order chi connectivity index (χ0) is 19.1. The SMILES string of the molecule is Cc1c(Cl)cccc1NC(=O)C[NH+]1CC[NH+](C/C=C/c2ccccc2)CC1. The van der Waals surface area contributed by atoms with E-state index in [1.165, 1.54) is 10.5 Å². The van der Waals surface area contributed by atoms with E-state index in [0.29, 0.717) is 11.6 Å². The van der Waals surface area contributed by atoms with Gasteiger partial charge in [-0.2, -0.15) is 0 Å². The van der Waals surface area contributed by atoms with E-state index in [0.717, 1.165) is 44.0 Å². The highest BCUT2D eigenvalue weighted by Gasteiger charge is 2.24. The Kier molecular flexibility index (Phi) is 7.04. The Morgan fingerprint density at radius 2 is 1.74 bits per heavy atom. The summed E-state index contributed by atoms with van der Waals surface area (Å²) in [6.07, 6.45) is 4.44. The number of quaternary nitrogens is 2. The number of halogens is 1. The van der Waals surface area contributed by atoms with Crippen LogP contribution in [0.4, 0.5) is 5.69 Å². The summed E-state index contributed by atoms with van der Waals surface area (Å²) in [7, 11) is 0. The van der Waals surface area contributed by atoms with Gasteiger partial charge in [0.2, 0.25) is 0 Å². The Morgan fingerprint density at radius 3 is 2.48 bits per heavy atom. The highest BCUT2D eigenvalue weighted by molar-refractivity contribution is 6.31. The van der Waals surface area contributed by atoms with Crippen LogP contribution in [0.15, 0.2) is 54.6 Å². The first-order valence-electron chi connectivity index (χ1n) is 9.55. The summed E-state index contributed by atoms with van der Waals surface area (Å²) in [6.45, 7) is 7.72. The molecular formula is C22H28ClN3O+2. The van der Waals surface area contributed by atoms with Crippen molar-refractivity contribution in [2.45, 2.75) is 6.92 Å². The minimum Gasteiger partial charge on any atom is -0.322 e. The van der Waals surface area contributed by atoms with Gasteiger partial charge in [-0.25, -0.2) is 0 Å². The molecule has 0 unspecified atom stereocenters. The van der Waals surface area contributed by atoms with Gasteiger partial charge in [0, 0.05) is 10.7 Å². The molecule has 1 aliphatic rings. The Balaban J connectivity index is 1.40. The number of benzene rings is 2. The second-order valence-electron chi connectivity index (χ2n) is 7.15. The first kappa shape index (κ1) is 19.6. The highest BCUT2D eigenvalue weighted by atomic mass is 35.5. The lowest BCUT2D eigenvalue weighted by molar-refractivity contribution is -1.01. The van der Waals surface area contributed by atoms with Crippen LogP contribution in [0.2, 0.25) is 5.02 Å². The molecule has 0 aliphatic carbocycles. The number of rotatable bonds is 6. The van der Waals surface area contributed by atoms with Gasteiger partial charge in [-0.15, -0.1) is 0 Å². The number of carbonyl (C=O) groups excluding carboxylic acids is 1. The molecule has 27 heavy (non-hydrogen) atoms. The Labute approximate surface area is 166 Å². The molecule has 4 nitrogen and oxygen atoms in total. The molecule has 3 N–H and O–H groups in total. The third-order valence-electron chi connectivity index (χ3n) is 5.13. The van der Waals surface area contributed by atoms with E-state index in [1.807, 2.05) is 31.2 Å². The minimum absolute atomic E-state index is 0.0581. The van der Waals surface area contributed by atoms with E-state index >= 15 is 0 Å². The average Bonchev–Trinajstić information content (AvgIpc) is 2.68. The van der Waals surface area contributed by atoms with Crippen molar-refractivity contribution in [3.63, 3.8) is 0 Å². The molecule has 2 aromatic rings. The number of carbonyl (C=O) groups is 1. The van der Waals surface area contributed by atoms with Gasteiger partial charge in [0.05, 0.1) is 6.54 Å².